The Morgan fingerprint density at radius 3 is 2.27 bits per heavy atom. The summed E-state index contributed by atoms with van der Waals surface area (Å²) in [5, 5.41) is 0. The first kappa shape index (κ1) is 20.0. The SMILES string of the molecule is CC(C)(CC(N)=O)[C@H](N)C(=O)c1ccc(C(=O)CCc2ccccc2)s1. The van der Waals surface area contributed by atoms with E-state index in [0.717, 1.165) is 16.9 Å². The molecule has 2 rings (SSSR count). The van der Waals surface area contributed by atoms with E-state index in [1.165, 1.54) is 0 Å². The molecule has 4 N–H and O–H groups in total. The number of rotatable bonds is 9. The number of ketones is 2. The Morgan fingerprint density at radius 1 is 1.04 bits per heavy atom. The normalized spacial score (nSPS) is 12.6. The maximum absolute atomic E-state index is 12.6. The van der Waals surface area contributed by atoms with Gasteiger partial charge in [0.15, 0.2) is 11.6 Å². The van der Waals surface area contributed by atoms with Gasteiger partial charge in [-0.2, -0.15) is 0 Å². The molecule has 5 nitrogen and oxygen atoms in total. The Hall–Kier alpha value is -2.31. The zero-order valence-electron chi connectivity index (χ0n) is 15.0. The van der Waals surface area contributed by atoms with Gasteiger partial charge in [0.25, 0.3) is 0 Å². The van der Waals surface area contributed by atoms with Crippen LogP contribution in [0.25, 0.3) is 0 Å². The molecular formula is C20H24N2O3S. The Morgan fingerprint density at radius 2 is 1.65 bits per heavy atom. The second-order valence-corrected chi connectivity index (χ2v) is 8.13. The molecule has 1 aromatic carbocycles. The van der Waals surface area contributed by atoms with Crippen molar-refractivity contribution in [3.63, 3.8) is 0 Å². The first-order valence-electron chi connectivity index (χ1n) is 8.46. The van der Waals surface area contributed by atoms with Crippen molar-refractivity contribution in [2.24, 2.45) is 16.9 Å². The van der Waals surface area contributed by atoms with Crippen LogP contribution >= 0.6 is 11.3 Å². The van der Waals surface area contributed by atoms with E-state index in [9.17, 15) is 14.4 Å². The second kappa shape index (κ2) is 8.38. The summed E-state index contributed by atoms with van der Waals surface area (Å²) in [5.74, 6) is -0.771. The molecule has 1 heterocycles. The maximum atomic E-state index is 12.6. The number of nitrogens with two attached hydrogens (primary N) is 2. The Balaban J connectivity index is 2.02. The molecule has 0 unspecified atom stereocenters. The van der Waals surface area contributed by atoms with E-state index in [0.29, 0.717) is 22.6 Å². The zero-order chi connectivity index (χ0) is 19.3. The zero-order valence-corrected chi connectivity index (χ0v) is 15.8. The summed E-state index contributed by atoms with van der Waals surface area (Å²) in [5.41, 5.74) is 11.6. The lowest BCUT2D eigenvalue weighted by Crippen LogP contribution is -2.45. The molecule has 0 spiro atoms. The quantitative estimate of drug-likeness (QED) is 0.660. The van der Waals surface area contributed by atoms with Gasteiger partial charge in [-0.3, -0.25) is 14.4 Å². The molecule has 0 radical (unpaired) electrons. The minimum Gasteiger partial charge on any atom is -0.370 e. The van der Waals surface area contributed by atoms with Gasteiger partial charge in [-0.1, -0.05) is 44.2 Å². The van der Waals surface area contributed by atoms with E-state index >= 15 is 0 Å². The van der Waals surface area contributed by atoms with Gasteiger partial charge in [-0.15, -0.1) is 11.3 Å². The number of aryl methyl sites for hydroxylation is 1. The van der Waals surface area contributed by atoms with Crippen LogP contribution in [-0.2, 0) is 11.2 Å². The third-order valence-corrected chi connectivity index (χ3v) is 5.50. The van der Waals surface area contributed by atoms with Crippen molar-refractivity contribution < 1.29 is 14.4 Å². The van der Waals surface area contributed by atoms with Crippen LogP contribution in [0.3, 0.4) is 0 Å². The lowest BCUT2D eigenvalue weighted by Gasteiger charge is -2.28. The summed E-state index contributed by atoms with van der Waals surface area (Å²) in [6.07, 6.45) is 1.07. The molecule has 0 aliphatic carbocycles. The van der Waals surface area contributed by atoms with Gasteiger partial charge >= 0.3 is 0 Å². The van der Waals surface area contributed by atoms with Crippen molar-refractivity contribution in [2.45, 2.75) is 39.2 Å². The maximum Gasteiger partial charge on any atom is 0.218 e. The third kappa shape index (κ3) is 5.09. The van der Waals surface area contributed by atoms with Crippen molar-refractivity contribution in [1.29, 1.82) is 0 Å². The van der Waals surface area contributed by atoms with Crippen molar-refractivity contribution in [3.8, 4) is 0 Å². The Bertz CT molecular complexity index is 796. The fraction of sp³-hybridized carbons (Fsp3) is 0.350. The van der Waals surface area contributed by atoms with Crippen molar-refractivity contribution in [3.05, 3.63) is 57.8 Å². The molecular weight excluding hydrogens is 348 g/mol. The minimum absolute atomic E-state index is 0.00266. The molecule has 0 aliphatic rings. The van der Waals surface area contributed by atoms with E-state index in [4.69, 9.17) is 11.5 Å². The summed E-state index contributed by atoms with van der Waals surface area (Å²) in [4.78, 5) is 37.1. The number of amides is 1. The van der Waals surface area contributed by atoms with Crippen molar-refractivity contribution in [2.75, 3.05) is 0 Å². The van der Waals surface area contributed by atoms with Crippen LogP contribution in [0.15, 0.2) is 42.5 Å². The summed E-state index contributed by atoms with van der Waals surface area (Å²) in [6, 6.07) is 12.2. The topological polar surface area (TPSA) is 103 Å². The molecule has 1 amide bonds. The average Bonchev–Trinajstić information content (AvgIpc) is 3.08. The highest BCUT2D eigenvalue weighted by molar-refractivity contribution is 7.16. The Labute approximate surface area is 157 Å². The fourth-order valence-electron chi connectivity index (χ4n) is 2.71. The smallest absolute Gasteiger partial charge is 0.218 e. The van der Waals surface area contributed by atoms with Crippen LogP contribution in [0.5, 0.6) is 0 Å². The van der Waals surface area contributed by atoms with E-state index in [-0.39, 0.29) is 18.0 Å². The number of benzene rings is 1. The number of thiophene rings is 1. The van der Waals surface area contributed by atoms with Crippen LogP contribution in [0, 0.1) is 5.41 Å². The number of primary amides is 1. The molecule has 138 valence electrons. The average molecular weight is 372 g/mol. The van der Waals surface area contributed by atoms with E-state index in [2.05, 4.69) is 0 Å². The summed E-state index contributed by atoms with van der Waals surface area (Å²) < 4.78 is 0. The van der Waals surface area contributed by atoms with Gasteiger partial charge in [0.1, 0.15) is 0 Å². The first-order valence-corrected chi connectivity index (χ1v) is 9.27. The molecule has 0 saturated heterocycles. The molecule has 1 aromatic heterocycles. The van der Waals surface area contributed by atoms with E-state index in [1.54, 1.807) is 26.0 Å². The second-order valence-electron chi connectivity index (χ2n) is 7.05. The molecule has 0 aliphatic heterocycles. The molecule has 0 saturated carbocycles. The summed E-state index contributed by atoms with van der Waals surface area (Å²) in [7, 11) is 0. The fourth-order valence-corrected chi connectivity index (χ4v) is 3.67. The van der Waals surface area contributed by atoms with E-state index < -0.39 is 17.4 Å². The van der Waals surface area contributed by atoms with Crippen LogP contribution < -0.4 is 11.5 Å². The number of hydrogen-bond donors (Lipinski definition) is 2. The van der Waals surface area contributed by atoms with Gasteiger partial charge in [0.2, 0.25) is 5.91 Å². The Kier molecular flexibility index (Phi) is 6.45. The van der Waals surface area contributed by atoms with Crippen LogP contribution in [0.2, 0.25) is 0 Å². The molecule has 0 fully saturated rings. The highest BCUT2D eigenvalue weighted by atomic mass is 32.1. The monoisotopic (exact) mass is 372 g/mol. The highest BCUT2D eigenvalue weighted by Crippen LogP contribution is 2.28. The van der Waals surface area contributed by atoms with Gasteiger partial charge in [-0.25, -0.2) is 0 Å². The molecule has 2 aromatic rings. The number of carbonyl (C=O) groups excluding carboxylic acids is 3. The van der Waals surface area contributed by atoms with Crippen molar-refractivity contribution in [1.82, 2.24) is 0 Å². The highest BCUT2D eigenvalue weighted by Gasteiger charge is 2.34. The number of carbonyl (C=O) groups is 3. The molecule has 0 bridgehead atoms. The van der Waals surface area contributed by atoms with Crippen LogP contribution in [0.1, 0.15) is 51.6 Å². The lowest BCUT2D eigenvalue weighted by atomic mass is 9.79. The van der Waals surface area contributed by atoms with E-state index in [1.807, 2.05) is 30.3 Å². The summed E-state index contributed by atoms with van der Waals surface area (Å²) in [6.45, 7) is 3.47. The number of Topliss-reactive ketones (excluding diaryl/α,β-unsaturated/α-hetero) is 2. The van der Waals surface area contributed by atoms with Gasteiger partial charge < -0.3 is 11.5 Å². The van der Waals surface area contributed by atoms with Crippen molar-refractivity contribution >= 4 is 28.8 Å². The van der Waals surface area contributed by atoms with Crippen LogP contribution in [-0.4, -0.2) is 23.5 Å². The predicted octanol–water partition coefficient (Wildman–Crippen LogP) is 2.98. The van der Waals surface area contributed by atoms with Gasteiger partial charge in [-0.05, 0) is 29.5 Å². The molecule has 26 heavy (non-hydrogen) atoms. The molecule has 1 atom stereocenters. The minimum atomic E-state index is -0.860. The lowest BCUT2D eigenvalue weighted by molar-refractivity contribution is -0.120. The predicted molar refractivity (Wildman–Crippen MR) is 103 cm³/mol. The van der Waals surface area contributed by atoms with Crippen LogP contribution in [0.4, 0.5) is 0 Å². The third-order valence-electron chi connectivity index (χ3n) is 4.36. The first-order chi connectivity index (χ1) is 12.2. The van der Waals surface area contributed by atoms with Gasteiger partial charge in [0, 0.05) is 12.8 Å². The van der Waals surface area contributed by atoms with Gasteiger partial charge in [0.05, 0.1) is 15.8 Å². The standard InChI is InChI=1S/C20H24N2O3S/c1-20(2,12-17(21)24)19(22)18(25)16-11-10-15(26-16)14(23)9-8-13-6-4-3-5-7-13/h3-7,10-11,19H,8-9,12,22H2,1-2H3,(H2,21,24)/t19-/m1/s1. The summed E-state index contributed by atoms with van der Waals surface area (Å²) >= 11 is 1.15. The molecule has 6 heteroatoms. The number of hydrogen-bond acceptors (Lipinski definition) is 5. The largest absolute Gasteiger partial charge is 0.370 e.